The van der Waals surface area contributed by atoms with Gasteiger partial charge >= 0.3 is 0 Å². The van der Waals surface area contributed by atoms with Gasteiger partial charge in [-0.05, 0) is 24.9 Å². The Morgan fingerprint density at radius 2 is 1.88 bits per heavy atom. The van der Waals surface area contributed by atoms with Crippen molar-refractivity contribution in [3.63, 3.8) is 0 Å². The van der Waals surface area contributed by atoms with E-state index in [-0.39, 0.29) is 36.2 Å². The molecule has 0 bridgehead atoms. The lowest BCUT2D eigenvalue weighted by Crippen LogP contribution is -2.56. The lowest BCUT2D eigenvalue weighted by Gasteiger charge is -2.34. The van der Waals surface area contributed by atoms with Crippen LogP contribution in [0.1, 0.15) is 45.7 Å². The summed E-state index contributed by atoms with van der Waals surface area (Å²) in [6, 6.07) is 5.68. The summed E-state index contributed by atoms with van der Waals surface area (Å²) in [4.78, 5) is 27.8. The summed E-state index contributed by atoms with van der Waals surface area (Å²) in [5.41, 5.74) is 1.58. The molecule has 1 aliphatic heterocycles. The van der Waals surface area contributed by atoms with Gasteiger partial charge in [-0.15, -0.1) is 0 Å². The molecule has 0 aliphatic carbocycles. The number of amides is 2. The molecule has 180 valence electrons. The smallest absolute Gasteiger partial charge is 0.243 e. The number of likely N-dealkylation sites (N-methyl/N-ethyl adjacent to an activating group) is 1. The minimum Gasteiger partial charge on any atom is -0.391 e. The minimum atomic E-state index is -0.745. The van der Waals surface area contributed by atoms with Crippen LogP contribution in [0.15, 0.2) is 30.5 Å². The van der Waals surface area contributed by atoms with Gasteiger partial charge in [0.2, 0.25) is 11.8 Å². The van der Waals surface area contributed by atoms with E-state index < -0.39 is 24.0 Å². The first-order chi connectivity index (χ1) is 15.4. The summed E-state index contributed by atoms with van der Waals surface area (Å²) < 4.78 is 15.5. The summed E-state index contributed by atoms with van der Waals surface area (Å²) >= 11 is 0. The molecule has 1 aromatic heterocycles. The number of aliphatic hydroxyl groups is 1. The number of aliphatic hydroxyl groups excluding tert-OH is 1. The van der Waals surface area contributed by atoms with Crippen LogP contribution in [-0.2, 0) is 16.6 Å². The largest absolute Gasteiger partial charge is 0.391 e. The third kappa shape index (κ3) is 5.25. The van der Waals surface area contributed by atoms with Crippen LogP contribution in [0.3, 0.4) is 0 Å². The van der Waals surface area contributed by atoms with Crippen LogP contribution in [0, 0.1) is 11.2 Å². The number of carbonyl (C=O) groups is 2. The molecule has 0 saturated carbocycles. The molecule has 4 atom stereocenters. The summed E-state index contributed by atoms with van der Waals surface area (Å²) in [5, 5.41) is 20.1. The molecular formula is C24H34FN5O3. The lowest BCUT2D eigenvalue weighted by molar-refractivity contribution is -0.142. The highest BCUT2D eigenvalue weighted by molar-refractivity contribution is 5.91. The predicted molar refractivity (Wildman–Crippen MR) is 124 cm³/mol. The SMILES string of the molecule is CN[C@@H](C(=O)N1C[C@H](O)C[C@H]1C(=O)NC(C)c1ccc(-c2c(F)cnn2C)cc1)C(C)(C)C. The van der Waals surface area contributed by atoms with Gasteiger partial charge in [0.05, 0.1) is 24.4 Å². The lowest BCUT2D eigenvalue weighted by atomic mass is 9.86. The molecule has 0 radical (unpaired) electrons. The topological polar surface area (TPSA) is 99.5 Å². The second kappa shape index (κ2) is 9.61. The van der Waals surface area contributed by atoms with Crippen LogP contribution in [0.4, 0.5) is 4.39 Å². The third-order valence-corrected chi connectivity index (χ3v) is 6.20. The van der Waals surface area contributed by atoms with E-state index in [1.165, 1.54) is 15.8 Å². The molecular weight excluding hydrogens is 425 g/mol. The minimum absolute atomic E-state index is 0.129. The average molecular weight is 460 g/mol. The molecule has 8 nitrogen and oxygen atoms in total. The first-order valence-corrected chi connectivity index (χ1v) is 11.2. The molecule has 2 amide bonds. The zero-order chi connectivity index (χ0) is 24.5. The number of nitrogens with zero attached hydrogens (tertiary/aromatic N) is 3. The van der Waals surface area contributed by atoms with Crippen molar-refractivity contribution in [2.75, 3.05) is 13.6 Å². The number of rotatable bonds is 6. The molecule has 1 fully saturated rings. The summed E-state index contributed by atoms with van der Waals surface area (Å²) in [6.07, 6.45) is 0.627. The fourth-order valence-electron chi connectivity index (χ4n) is 4.46. The van der Waals surface area contributed by atoms with Crippen LogP contribution < -0.4 is 10.6 Å². The van der Waals surface area contributed by atoms with Crippen molar-refractivity contribution in [3.8, 4) is 11.3 Å². The molecule has 1 saturated heterocycles. The van der Waals surface area contributed by atoms with Crippen LogP contribution in [0.2, 0.25) is 0 Å². The zero-order valence-corrected chi connectivity index (χ0v) is 20.1. The molecule has 1 unspecified atom stereocenters. The maximum absolute atomic E-state index is 14.0. The number of hydrogen-bond acceptors (Lipinski definition) is 5. The quantitative estimate of drug-likeness (QED) is 0.614. The summed E-state index contributed by atoms with van der Waals surface area (Å²) in [5.74, 6) is -0.902. The van der Waals surface area contributed by atoms with Crippen LogP contribution in [0.25, 0.3) is 11.3 Å². The summed E-state index contributed by atoms with van der Waals surface area (Å²) in [7, 11) is 3.40. The standard InChI is InChI=1S/C24H34FN5O3/c1-14(15-7-9-16(10-8-15)20-18(25)12-27-29(20)6)28-22(32)19-11-17(31)13-30(19)23(33)21(26-5)24(2,3)4/h7-10,12,14,17,19,21,26,31H,11,13H2,1-6H3,(H,28,32)/t14?,17-,19+,21+/m1/s1. The van der Waals surface area contributed by atoms with E-state index in [1.807, 2.05) is 39.8 Å². The van der Waals surface area contributed by atoms with Gasteiger partial charge in [-0.2, -0.15) is 5.10 Å². The van der Waals surface area contributed by atoms with Crippen molar-refractivity contribution in [2.45, 2.75) is 58.3 Å². The maximum atomic E-state index is 14.0. The van der Waals surface area contributed by atoms with E-state index >= 15 is 0 Å². The number of aryl methyl sites for hydroxylation is 1. The van der Waals surface area contributed by atoms with Crippen molar-refractivity contribution >= 4 is 11.8 Å². The zero-order valence-electron chi connectivity index (χ0n) is 20.1. The van der Waals surface area contributed by atoms with Crippen molar-refractivity contribution in [3.05, 3.63) is 41.8 Å². The first kappa shape index (κ1) is 24.9. The third-order valence-electron chi connectivity index (χ3n) is 6.20. The second-order valence-electron chi connectivity index (χ2n) is 9.80. The van der Waals surface area contributed by atoms with Crippen LogP contribution in [-0.4, -0.2) is 63.4 Å². The van der Waals surface area contributed by atoms with Crippen molar-refractivity contribution in [1.82, 2.24) is 25.3 Å². The Hall–Kier alpha value is -2.78. The Morgan fingerprint density at radius 3 is 2.39 bits per heavy atom. The van der Waals surface area contributed by atoms with E-state index in [0.717, 1.165) is 5.56 Å². The molecule has 2 heterocycles. The van der Waals surface area contributed by atoms with Gasteiger partial charge in [-0.25, -0.2) is 4.39 Å². The number of benzene rings is 1. The number of β-amino-alcohol motifs (C(OH)–C–C–N with tert-alkyl or cyclic N) is 1. The van der Waals surface area contributed by atoms with Gasteiger partial charge in [0.25, 0.3) is 0 Å². The fraction of sp³-hybridized carbons (Fsp3) is 0.542. The highest BCUT2D eigenvalue weighted by atomic mass is 19.1. The van der Waals surface area contributed by atoms with Crippen molar-refractivity contribution < 1.29 is 19.1 Å². The maximum Gasteiger partial charge on any atom is 0.243 e. The van der Waals surface area contributed by atoms with Gasteiger partial charge in [-0.1, -0.05) is 45.0 Å². The number of likely N-dealkylation sites (tertiary alicyclic amines) is 1. The predicted octanol–water partition coefficient (Wildman–Crippen LogP) is 2.00. The normalized spacial score (nSPS) is 20.5. The first-order valence-electron chi connectivity index (χ1n) is 11.2. The molecule has 33 heavy (non-hydrogen) atoms. The van der Waals surface area contributed by atoms with Crippen molar-refractivity contribution in [2.24, 2.45) is 12.5 Å². The van der Waals surface area contributed by atoms with Gasteiger partial charge in [-0.3, -0.25) is 14.3 Å². The second-order valence-corrected chi connectivity index (χ2v) is 9.80. The molecule has 1 aliphatic rings. The van der Waals surface area contributed by atoms with E-state index in [2.05, 4.69) is 15.7 Å². The fourth-order valence-corrected chi connectivity index (χ4v) is 4.46. The molecule has 9 heteroatoms. The van der Waals surface area contributed by atoms with Crippen LogP contribution >= 0.6 is 0 Å². The number of nitrogens with one attached hydrogen (secondary N) is 2. The highest BCUT2D eigenvalue weighted by Crippen LogP contribution is 2.27. The van der Waals surface area contributed by atoms with Gasteiger partial charge < -0.3 is 20.6 Å². The Balaban J connectivity index is 1.72. The van der Waals surface area contributed by atoms with Gasteiger partial charge in [0.15, 0.2) is 5.82 Å². The molecule has 3 N–H and O–H groups in total. The Morgan fingerprint density at radius 1 is 1.24 bits per heavy atom. The monoisotopic (exact) mass is 459 g/mol. The van der Waals surface area contributed by atoms with E-state index in [0.29, 0.717) is 11.3 Å². The number of halogens is 1. The Bertz CT molecular complexity index is 979. The van der Waals surface area contributed by atoms with E-state index in [4.69, 9.17) is 0 Å². The molecule has 3 rings (SSSR count). The van der Waals surface area contributed by atoms with Gasteiger partial charge in [0, 0.05) is 25.6 Å². The van der Waals surface area contributed by atoms with Crippen LogP contribution in [0.5, 0.6) is 0 Å². The number of aromatic nitrogens is 2. The van der Waals surface area contributed by atoms with E-state index in [9.17, 15) is 19.1 Å². The Kier molecular flexibility index (Phi) is 7.23. The van der Waals surface area contributed by atoms with Crippen molar-refractivity contribution in [1.29, 1.82) is 0 Å². The Labute approximate surface area is 194 Å². The number of carbonyl (C=O) groups excluding carboxylic acids is 2. The number of hydrogen-bond donors (Lipinski definition) is 3. The highest BCUT2D eigenvalue weighted by Gasteiger charge is 2.43. The van der Waals surface area contributed by atoms with E-state index in [1.54, 1.807) is 26.2 Å². The van der Waals surface area contributed by atoms with Gasteiger partial charge in [0.1, 0.15) is 11.7 Å². The molecule has 2 aromatic rings. The average Bonchev–Trinajstić information content (AvgIpc) is 3.29. The summed E-state index contributed by atoms with van der Waals surface area (Å²) in [6.45, 7) is 7.84. The molecule has 0 spiro atoms. The molecule has 1 aromatic carbocycles.